The van der Waals surface area contributed by atoms with Gasteiger partial charge in [0, 0.05) is 16.8 Å². The van der Waals surface area contributed by atoms with E-state index < -0.39 is 0 Å². The Morgan fingerprint density at radius 1 is 1.22 bits per heavy atom. The van der Waals surface area contributed by atoms with Crippen LogP contribution in [0.15, 0.2) is 24.3 Å². The molecule has 98 valence electrons. The van der Waals surface area contributed by atoms with Crippen LogP contribution in [0.25, 0.3) is 0 Å². The first kappa shape index (κ1) is 12.5. The van der Waals surface area contributed by atoms with Gasteiger partial charge in [0.15, 0.2) is 0 Å². The molecule has 0 saturated heterocycles. The molecule has 1 aromatic carbocycles. The third kappa shape index (κ3) is 2.45. The molecule has 18 heavy (non-hydrogen) atoms. The number of rotatable bonds is 4. The van der Waals surface area contributed by atoms with Crippen molar-refractivity contribution in [1.29, 1.82) is 0 Å². The Kier molecular flexibility index (Phi) is 3.93. The Bertz CT molecular complexity index is 398. The molecule has 0 spiro atoms. The summed E-state index contributed by atoms with van der Waals surface area (Å²) in [7, 11) is 0. The van der Waals surface area contributed by atoms with E-state index in [2.05, 4.69) is 40.2 Å². The van der Waals surface area contributed by atoms with Gasteiger partial charge in [0.1, 0.15) is 5.75 Å². The average Bonchev–Trinajstić information content (AvgIpc) is 3.06. The van der Waals surface area contributed by atoms with Crippen LogP contribution in [0.4, 0.5) is 0 Å². The van der Waals surface area contributed by atoms with Gasteiger partial charge in [-0.15, -0.1) is 0 Å². The van der Waals surface area contributed by atoms with Crippen molar-refractivity contribution in [2.75, 3.05) is 11.9 Å². The van der Waals surface area contributed by atoms with Crippen molar-refractivity contribution in [3.05, 3.63) is 29.8 Å². The Hall–Kier alpha value is -0.500. The fraction of sp³-hybridized carbons (Fsp3) is 0.625. The number of halogens is 1. The third-order valence-corrected chi connectivity index (χ3v) is 5.48. The summed E-state index contributed by atoms with van der Waals surface area (Å²) >= 11 is 3.73. The van der Waals surface area contributed by atoms with Crippen LogP contribution in [0.2, 0.25) is 0 Å². The first-order chi connectivity index (χ1) is 8.88. The summed E-state index contributed by atoms with van der Waals surface area (Å²) in [6.07, 6.45) is 7.03. The molecular formula is C16H21BrO. The van der Waals surface area contributed by atoms with Crippen LogP contribution in [-0.2, 0) is 0 Å². The molecule has 0 aromatic heterocycles. The number of para-hydroxylation sites is 1. The van der Waals surface area contributed by atoms with E-state index in [1.54, 1.807) is 0 Å². The second-order valence-corrected chi connectivity index (χ2v) is 6.39. The summed E-state index contributed by atoms with van der Waals surface area (Å²) in [4.78, 5) is 0. The predicted molar refractivity (Wildman–Crippen MR) is 78.5 cm³/mol. The summed E-state index contributed by atoms with van der Waals surface area (Å²) < 4.78 is 5.80. The van der Waals surface area contributed by atoms with Crippen LogP contribution < -0.4 is 4.74 Å². The van der Waals surface area contributed by atoms with Crippen molar-refractivity contribution in [3.63, 3.8) is 0 Å². The number of hydrogen-bond acceptors (Lipinski definition) is 1. The van der Waals surface area contributed by atoms with Crippen LogP contribution in [0, 0.1) is 11.8 Å². The monoisotopic (exact) mass is 308 g/mol. The molecule has 3 rings (SSSR count). The lowest BCUT2D eigenvalue weighted by Crippen LogP contribution is -2.17. The Morgan fingerprint density at radius 3 is 2.78 bits per heavy atom. The molecule has 2 unspecified atom stereocenters. The van der Waals surface area contributed by atoms with Gasteiger partial charge in [-0.25, -0.2) is 0 Å². The number of benzene rings is 1. The molecule has 1 aliphatic carbocycles. The first-order valence-electron chi connectivity index (χ1n) is 7.16. The Labute approximate surface area is 118 Å². The molecule has 0 radical (unpaired) electrons. The molecule has 1 aromatic rings. The largest absolute Gasteiger partial charge is 0.493 e. The summed E-state index contributed by atoms with van der Waals surface area (Å²) in [5.41, 5.74) is 1.43. The van der Waals surface area contributed by atoms with E-state index >= 15 is 0 Å². The molecule has 0 amide bonds. The normalized spacial score (nSPS) is 24.8. The van der Waals surface area contributed by atoms with Crippen molar-refractivity contribution >= 4 is 15.9 Å². The maximum atomic E-state index is 5.80. The minimum Gasteiger partial charge on any atom is -0.493 e. The minimum absolute atomic E-state index is 0.615. The highest BCUT2D eigenvalue weighted by Gasteiger charge is 2.30. The second kappa shape index (κ2) is 5.64. The van der Waals surface area contributed by atoms with Crippen LogP contribution in [0.1, 0.15) is 43.6 Å². The quantitative estimate of drug-likeness (QED) is 0.729. The zero-order valence-corrected chi connectivity index (χ0v) is 12.4. The van der Waals surface area contributed by atoms with Gasteiger partial charge in [-0.05, 0) is 24.3 Å². The highest BCUT2D eigenvalue weighted by atomic mass is 79.9. The zero-order valence-electron chi connectivity index (χ0n) is 10.8. The van der Waals surface area contributed by atoms with Crippen molar-refractivity contribution in [2.45, 2.75) is 38.0 Å². The number of ether oxygens (including phenoxy) is 1. The van der Waals surface area contributed by atoms with Gasteiger partial charge in [0.25, 0.3) is 0 Å². The number of hydrogen-bond donors (Lipinski definition) is 0. The first-order valence-corrected chi connectivity index (χ1v) is 8.28. The summed E-state index contributed by atoms with van der Waals surface area (Å²) in [5.74, 6) is 3.50. The Morgan fingerprint density at radius 2 is 2.00 bits per heavy atom. The van der Waals surface area contributed by atoms with Crippen molar-refractivity contribution < 1.29 is 4.74 Å². The highest BCUT2D eigenvalue weighted by Crippen LogP contribution is 2.42. The van der Waals surface area contributed by atoms with Crippen molar-refractivity contribution in [2.24, 2.45) is 11.8 Å². The van der Waals surface area contributed by atoms with Gasteiger partial charge < -0.3 is 4.74 Å². The van der Waals surface area contributed by atoms with Crippen molar-refractivity contribution in [3.8, 4) is 5.75 Å². The molecule has 0 N–H and O–H groups in total. The summed E-state index contributed by atoms with van der Waals surface area (Å²) in [5, 5.41) is 1.15. The Balaban J connectivity index is 1.69. The maximum Gasteiger partial charge on any atom is 0.122 e. The maximum absolute atomic E-state index is 5.80. The molecule has 2 aliphatic rings. The number of alkyl halides is 1. The van der Waals surface area contributed by atoms with Gasteiger partial charge in [0.05, 0.1) is 6.61 Å². The lowest BCUT2D eigenvalue weighted by atomic mass is 9.83. The predicted octanol–water partition coefficient (Wildman–Crippen LogP) is 4.75. The average molecular weight is 309 g/mol. The van der Waals surface area contributed by atoms with E-state index in [0.29, 0.717) is 5.92 Å². The van der Waals surface area contributed by atoms with E-state index in [-0.39, 0.29) is 0 Å². The fourth-order valence-electron chi connectivity index (χ4n) is 3.60. The van der Waals surface area contributed by atoms with Crippen LogP contribution >= 0.6 is 15.9 Å². The van der Waals surface area contributed by atoms with Gasteiger partial charge in [0.2, 0.25) is 0 Å². The van der Waals surface area contributed by atoms with Crippen LogP contribution in [0.5, 0.6) is 5.75 Å². The zero-order chi connectivity index (χ0) is 12.4. The molecule has 2 atom stereocenters. The van der Waals surface area contributed by atoms with Gasteiger partial charge in [-0.1, -0.05) is 59.8 Å². The molecule has 1 saturated carbocycles. The smallest absolute Gasteiger partial charge is 0.122 e. The van der Waals surface area contributed by atoms with E-state index in [4.69, 9.17) is 4.74 Å². The number of fused-ring (bicyclic) bond motifs is 1. The summed E-state index contributed by atoms with van der Waals surface area (Å²) in [6, 6.07) is 8.56. The molecule has 0 bridgehead atoms. The molecule has 1 aliphatic heterocycles. The third-order valence-electron chi connectivity index (χ3n) is 4.65. The van der Waals surface area contributed by atoms with Crippen molar-refractivity contribution in [1.82, 2.24) is 0 Å². The lowest BCUT2D eigenvalue weighted by molar-refractivity contribution is 0.279. The van der Waals surface area contributed by atoms with Gasteiger partial charge >= 0.3 is 0 Å². The molecule has 2 heteroatoms. The van der Waals surface area contributed by atoms with E-state index in [9.17, 15) is 0 Å². The fourth-order valence-corrected chi connectivity index (χ4v) is 4.39. The standard InChI is InChI=1S/C16H21BrO/c17-10-13(12-5-1-2-6-12)9-14-11-18-16-8-4-3-7-15(14)16/h3-4,7-8,12-14H,1-2,5-6,9-11H2. The van der Waals surface area contributed by atoms with Crippen LogP contribution in [0.3, 0.4) is 0 Å². The molecular weight excluding hydrogens is 288 g/mol. The molecule has 1 nitrogen and oxygen atoms in total. The van der Waals surface area contributed by atoms with E-state index in [1.165, 1.54) is 37.7 Å². The lowest BCUT2D eigenvalue weighted by Gasteiger charge is -2.23. The van der Waals surface area contributed by atoms with Gasteiger partial charge in [-0.3, -0.25) is 0 Å². The SMILES string of the molecule is BrCC(CC1COc2ccccc21)C1CCCC1. The molecule has 1 heterocycles. The van der Waals surface area contributed by atoms with Gasteiger partial charge in [-0.2, -0.15) is 0 Å². The van der Waals surface area contributed by atoms with Crippen LogP contribution in [-0.4, -0.2) is 11.9 Å². The second-order valence-electron chi connectivity index (χ2n) is 5.74. The summed E-state index contributed by atoms with van der Waals surface area (Å²) in [6.45, 7) is 0.884. The van der Waals surface area contributed by atoms with E-state index in [0.717, 1.165) is 29.5 Å². The highest BCUT2D eigenvalue weighted by molar-refractivity contribution is 9.09. The minimum atomic E-state index is 0.615. The topological polar surface area (TPSA) is 9.23 Å². The van der Waals surface area contributed by atoms with E-state index in [1.807, 2.05) is 0 Å². The molecule has 1 fully saturated rings.